The van der Waals surface area contributed by atoms with E-state index in [9.17, 15) is 5.11 Å². The van der Waals surface area contributed by atoms with E-state index in [1.54, 1.807) is 0 Å². The topological polar surface area (TPSA) is 20.2 Å². The van der Waals surface area contributed by atoms with E-state index in [4.69, 9.17) is 0 Å². The zero-order valence-electron chi connectivity index (χ0n) is 14.9. The second-order valence-electron chi connectivity index (χ2n) is 6.43. The van der Waals surface area contributed by atoms with Crippen molar-refractivity contribution < 1.29 is 26.6 Å². The molecule has 0 rings (SSSR count). The highest BCUT2D eigenvalue weighted by Gasteiger charge is 2.25. The molecule has 0 fully saturated rings. The fourth-order valence-corrected chi connectivity index (χ4v) is 3.17. The molecule has 0 atom stereocenters. The lowest BCUT2D eigenvalue weighted by molar-refractivity contribution is -0.929. The summed E-state index contributed by atoms with van der Waals surface area (Å²) in [5.74, 6) is 0. The highest BCUT2D eigenvalue weighted by molar-refractivity contribution is 4.51. The van der Waals surface area contributed by atoms with Gasteiger partial charge in [0.05, 0.1) is 26.2 Å². The highest BCUT2D eigenvalue weighted by atomic mass is 79.9. The number of aliphatic hydroxyl groups excluding tert-OH is 1. The maximum atomic E-state index is 9.23. The Labute approximate surface area is 144 Å². The van der Waals surface area contributed by atoms with Crippen LogP contribution >= 0.6 is 0 Å². The molecule has 2 nitrogen and oxygen atoms in total. The molecule has 21 heavy (non-hydrogen) atoms. The first-order valence-corrected chi connectivity index (χ1v) is 9.20. The van der Waals surface area contributed by atoms with Gasteiger partial charge in [0.2, 0.25) is 0 Å². The summed E-state index contributed by atoms with van der Waals surface area (Å²) in [6.07, 6.45) is 13.1. The van der Waals surface area contributed by atoms with Gasteiger partial charge in [-0.3, -0.25) is 0 Å². The van der Waals surface area contributed by atoms with Gasteiger partial charge in [-0.15, -0.1) is 0 Å². The number of hydrogen-bond acceptors (Lipinski definition) is 1. The van der Waals surface area contributed by atoms with Gasteiger partial charge in [-0.1, -0.05) is 40.0 Å². The second kappa shape index (κ2) is 16.8. The molecule has 0 radical (unpaired) electrons. The van der Waals surface area contributed by atoms with E-state index in [0.29, 0.717) is 6.61 Å². The minimum Gasteiger partial charge on any atom is -1.00 e. The van der Waals surface area contributed by atoms with Crippen molar-refractivity contribution in [3.8, 4) is 0 Å². The SMILES string of the molecule is CCCCC[N+](CCCO)(CCCCC)CCCCC.[Br-]. The summed E-state index contributed by atoms with van der Waals surface area (Å²) in [4.78, 5) is 0. The Morgan fingerprint density at radius 1 is 0.571 bits per heavy atom. The summed E-state index contributed by atoms with van der Waals surface area (Å²) in [5, 5.41) is 9.23. The van der Waals surface area contributed by atoms with Crippen molar-refractivity contribution in [2.75, 3.05) is 32.8 Å². The number of rotatable bonds is 15. The van der Waals surface area contributed by atoms with Gasteiger partial charge in [0.15, 0.2) is 0 Å². The van der Waals surface area contributed by atoms with Crippen LogP contribution in [0, 0.1) is 0 Å². The Balaban J connectivity index is 0. The predicted molar refractivity (Wildman–Crippen MR) is 90.0 cm³/mol. The highest BCUT2D eigenvalue weighted by Crippen LogP contribution is 2.17. The lowest BCUT2D eigenvalue weighted by Crippen LogP contribution is -3.00. The molecule has 0 saturated carbocycles. The van der Waals surface area contributed by atoms with Crippen LogP contribution in [-0.2, 0) is 0 Å². The predicted octanol–water partition coefficient (Wildman–Crippen LogP) is 1.76. The molecule has 0 spiro atoms. The average molecular weight is 366 g/mol. The molecular weight excluding hydrogens is 326 g/mol. The van der Waals surface area contributed by atoms with Crippen molar-refractivity contribution in [2.24, 2.45) is 0 Å². The smallest absolute Gasteiger partial charge is 0.0808 e. The zero-order chi connectivity index (χ0) is 15.1. The maximum Gasteiger partial charge on any atom is 0.0808 e. The van der Waals surface area contributed by atoms with Crippen molar-refractivity contribution in [1.29, 1.82) is 0 Å². The summed E-state index contributed by atoms with van der Waals surface area (Å²) in [7, 11) is 0. The molecule has 0 aliphatic rings. The molecule has 0 aliphatic heterocycles. The minimum absolute atomic E-state index is 0. The monoisotopic (exact) mass is 365 g/mol. The van der Waals surface area contributed by atoms with Gasteiger partial charge in [0.25, 0.3) is 0 Å². The number of aliphatic hydroxyl groups is 1. The van der Waals surface area contributed by atoms with Crippen LogP contribution in [0.1, 0.15) is 85.0 Å². The van der Waals surface area contributed by atoms with Crippen molar-refractivity contribution >= 4 is 0 Å². The molecule has 0 saturated heterocycles. The van der Waals surface area contributed by atoms with Crippen LogP contribution in [0.25, 0.3) is 0 Å². The van der Waals surface area contributed by atoms with E-state index in [0.717, 1.165) is 6.42 Å². The van der Waals surface area contributed by atoms with Crippen molar-refractivity contribution in [1.82, 2.24) is 0 Å². The third-order valence-electron chi connectivity index (χ3n) is 4.50. The lowest BCUT2D eigenvalue weighted by atomic mass is 10.1. The lowest BCUT2D eigenvalue weighted by Gasteiger charge is -2.39. The molecule has 130 valence electrons. The zero-order valence-corrected chi connectivity index (χ0v) is 16.5. The van der Waals surface area contributed by atoms with Gasteiger partial charge < -0.3 is 26.6 Å². The largest absolute Gasteiger partial charge is 1.00 e. The van der Waals surface area contributed by atoms with Gasteiger partial charge in [0.1, 0.15) is 0 Å². The van der Waals surface area contributed by atoms with Gasteiger partial charge in [-0.2, -0.15) is 0 Å². The first-order chi connectivity index (χ1) is 9.74. The Kier molecular flexibility index (Phi) is 18.9. The third kappa shape index (κ3) is 12.6. The van der Waals surface area contributed by atoms with Crippen LogP contribution in [0.3, 0.4) is 0 Å². The van der Waals surface area contributed by atoms with E-state index in [2.05, 4.69) is 20.8 Å². The first kappa shape index (κ1) is 23.7. The summed E-state index contributed by atoms with van der Waals surface area (Å²) in [5.41, 5.74) is 0. The molecule has 0 aromatic heterocycles. The summed E-state index contributed by atoms with van der Waals surface area (Å²) < 4.78 is 1.28. The van der Waals surface area contributed by atoms with Gasteiger partial charge in [-0.05, 0) is 38.5 Å². The van der Waals surface area contributed by atoms with E-state index in [-0.39, 0.29) is 17.0 Å². The molecular formula is C18H40BrNO. The number of hydrogen-bond donors (Lipinski definition) is 1. The Bertz CT molecular complexity index is 173. The third-order valence-corrected chi connectivity index (χ3v) is 4.50. The van der Waals surface area contributed by atoms with E-state index < -0.39 is 0 Å². The quantitative estimate of drug-likeness (QED) is 0.346. The molecule has 0 aliphatic carbocycles. The molecule has 0 aromatic rings. The van der Waals surface area contributed by atoms with Crippen LogP contribution in [0.5, 0.6) is 0 Å². The van der Waals surface area contributed by atoms with Crippen LogP contribution in [-0.4, -0.2) is 42.4 Å². The number of quaternary nitrogens is 1. The molecule has 1 N–H and O–H groups in total. The van der Waals surface area contributed by atoms with E-state index in [1.165, 1.54) is 88.4 Å². The Morgan fingerprint density at radius 2 is 0.905 bits per heavy atom. The fourth-order valence-electron chi connectivity index (χ4n) is 3.17. The molecule has 0 bridgehead atoms. The van der Waals surface area contributed by atoms with E-state index >= 15 is 0 Å². The van der Waals surface area contributed by atoms with Crippen LogP contribution in [0.4, 0.5) is 0 Å². The molecule has 0 heterocycles. The van der Waals surface area contributed by atoms with E-state index in [1.807, 2.05) is 0 Å². The van der Waals surface area contributed by atoms with Gasteiger partial charge in [0, 0.05) is 13.0 Å². The molecule has 0 aromatic carbocycles. The second-order valence-corrected chi connectivity index (χ2v) is 6.43. The standard InChI is InChI=1S/C18H40NO.BrH/c1-4-7-10-14-19(17-13-18-20,15-11-8-5-2)16-12-9-6-3;/h20H,4-18H2,1-3H3;1H/q+1;/p-1. The maximum absolute atomic E-state index is 9.23. The number of nitrogens with zero attached hydrogens (tertiary/aromatic N) is 1. The van der Waals surface area contributed by atoms with Crippen LogP contribution in [0.2, 0.25) is 0 Å². The first-order valence-electron chi connectivity index (χ1n) is 9.20. The van der Waals surface area contributed by atoms with Crippen LogP contribution in [0.15, 0.2) is 0 Å². The molecule has 3 heteroatoms. The summed E-state index contributed by atoms with van der Waals surface area (Å²) in [6, 6.07) is 0. The normalized spacial score (nSPS) is 11.4. The molecule has 0 unspecified atom stereocenters. The Morgan fingerprint density at radius 3 is 1.19 bits per heavy atom. The fraction of sp³-hybridized carbons (Fsp3) is 1.00. The van der Waals surface area contributed by atoms with Crippen molar-refractivity contribution in [3.63, 3.8) is 0 Å². The summed E-state index contributed by atoms with van der Waals surface area (Å²) >= 11 is 0. The van der Waals surface area contributed by atoms with Crippen molar-refractivity contribution in [2.45, 2.75) is 85.0 Å². The van der Waals surface area contributed by atoms with Crippen molar-refractivity contribution in [3.05, 3.63) is 0 Å². The average Bonchev–Trinajstić information content (AvgIpc) is 2.46. The number of unbranched alkanes of at least 4 members (excludes halogenated alkanes) is 6. The number of halogens is 1. The Hall–Kier alpha value is 0.400. The van der Waals surface area contributed by atoms with Crippen LogP contribution < -0.4 is 17.0 Å². The molecule has 0 amide bonds. The van der Waals surface area contributed by atoms with Gasteiger partial charge in [-0.25, -0.2) is 0 Å². The summed E-state index contributed by atoms with van der Waals surface area (Å²) in [6.45, 7) is 12.4. The minimum atomic E-state index is 0. The van der Waals surface area contributed by atoms with Gasteiger partial charge >= 0.3 is 0 Å².